The lowest BCUT2D eigenvalue weighted by atomic mass is 10.1. The number of rotatable bonds is 5. The predicted molar refractivity (Wildman–Crippen MR) is 84.4 cm³/mol. The topological polar surface area (TPSA) is 55.2 Å². The van der Waals surface area contributed by atoms with Crippen LogP contribution < -0.4 is 5.32 Å². The Morgan fingerprint density at radius 3 is 2.50 bits per heavy atom. The normalized spacial score (nSPS) is 10.3. The molecule has 0 bridgehead atoms. The highest BCUT2D eigenvalue weighted by molar-refractivity contribution is 9.10. The third kappa shape index (κ3) is 3.95. The van der Waals surface area contributed by atoms with Gasteiger partial charge in [0.2, 0.25) is 0 Å². The van der Waals surface area contributed by atoms with Crippen LogP contribution in [0.5, 0.6) is 0 Å². The first-order valence-corrected chi connectivity index (χ1v) is 7.15. The molecule has 0 saturated carbocycles. The van der Waals surface area contributed by atoms with Crippen molar-refractivity contribution in [3.8, 4) is 0 Å². The number of hydrogen-bond acceptors (Lipinski definition) is 3. The summed E-state index contributed by atoms with van der Waals surface area (Å²) >= 11 is 9.34. The van der Waals surface area contributed by atoms with Crippen molar-refractivity contribution in [2.45, 2.75) is 6.42 Å². The van der Waals surface area contributed by atoms with Crippen LogP contribution in [0.1, 0.15) is 5.56 Å². The summed E-state index contributed by atoms with van der Waals surface area (Å²) in [4.78, 5) is 10.2. The minimum atomic E-state index is -0.397. The van der Waals surface area contributed by atoms with E-state index < -0.39 is 4.92 Å². The number of anilines is 1. The Bertz CT molecular complexity index is 617. The molecule has 0 amide bonds. The smallest absolute Gasteiger partial charge is 0.269 e. The molecule has 0 atom stereocenters. The van der Waals surface area contributed by atoms with Crippen LogP contribution in [-0.4, -0.2) is 11.5 Å². The summed E-state index contributed by atoms with van der Waals surface area (Å²) in [6.07, 6.45) is 0.783. The zero-order chi connectivity index (χ0) is 14.5. The van der Waals surface area contributed by atoms with Crippen molar-refractivity contribution in [1.82, 2.24) is 0 Å². The Hall–Kier alpha value is -1.59. The van der Waals surface area contributed by atoms with Gasteiger partial charge in [-0.15, -0.1) is 0 Å². The highest BCUT2D eigenvalue weighted by Gasteiger charge is 2.04. The number of benzene rings is 2. The number of nitrogens with zero attached hydrogens (tertiary/aromatic N) is 1. The summed E-state index contributed by atoms with van der Waals surface area (Å²) in [7, 11) is 0. The Morgan fingerprint density at radius 2 is 1.90 bits per heavy atom. The number of nitro groups is 1. The van der Waals surface area contributed by atoms with Crippen molar-refractivity contribution in [2.75, 3.05) is 11.9 Å². The molecule has 0 unspecified atom stereocenters. The van der Waals surface area contributed by atoms with Crippen LogP contribution in [0, 0.1) is 10.1 Å². The van der Waals surface area contributed by atoms with E-state index in [9.17, 15) is 10.1 Å². The molecule has 0 aromatic heterocycles. The maximum Gasteiger partial charge on any atom is 0.269 e. The molecular formula is C14H12BrClN2O2. The molecule has 0 heterocycles. The SMILES string of the molecule is O=[N+]([O-])c1ccc(CCNc2ccc(Br)c(Cl)c2)cc1. The third-order valence-corrected chi connectivity index (χ3v) is 4.04. The Balaban J connectivity index is 1.89. The number of nitro benzene ring substituents is 1. The van der Waals surface area contributed by atoms with E-state index in [1.807, 2.05) is 18.2 Å². The number of non-ortho nitro benzene ring substituents is 1. The number of halogens is 2. The molecule has 2 aromatic carbocycles. The first-order chi connectivity index (χ1) is 9.56. The molecule has 0 spiro atoms. The average molecular weight is 356 g/mol. The molecule has 4 nitrogen and oxygen atoms in total. The van der Waals surface area contributed by atoms with Crippen molar-refractivity contribution in [3.63, 3.8) is 0 Å². The Morgan fingerprint density at radius 1 is 1.20 bits per heavy atom. The maximum atomic E-state index is 10.5. The quantitative estimate of drug-likeness (QED) is 0.626. The minimum Gasteiger partial charge on any atom is -0.385 e. The lowest BCUT2D eigenvalue weighted by Crippen LogP contribution is -2.04. The van der Waals surface area contributed by atoms with Crippen molar-refractivity contribution >= 4 is 38.9 Å². The summed E-state index contributed by atoms with van der Waals surface area (Å²) in [6.45, 7) is 0.732. The van der Waals surface area contributed by atoms with Gasteiger partial charge in [-0.05, 0) is 46.1 Å². The van der Waals surface area contributed by atoms with Crippen molar-refractivity contribution in [1.29, 1.82) is 0 Å². The fraction of sp³-hybridized carbons (Fsp3) is 0.143. The van der Waals surface area contributed by atoms with Gasteiger partial charge >= 0.3 is 0 Å². The molecule has 1 N–H and O–H groups in total. The molecular weight excluding hydrogens is 344 g/mol. The van der Waals surface area contributed by atoms with Crippen LogP contribution in [0.4, 0.5) is 11.4 Å². The fourth-order valence-electron chi connectivity index (χ4n) is 1.74. The zero-order valence-electron chi connectivity index (χ0n) is 10.5. The molecule has 20 heavy (non-hydrogen) atoms. The second-order valence-electron chi connectivity index (χ2n) is 4.23. The van der Waals surface area contributed by atoms with Gasteiger partial charge in [0, 0.05) is 28.8 Å². The van der Waals surface area contributed by atoms with Crippen molar-refractivity contribution < 1.29 is 4.92 Å². The molecule has 0 radical (unpaired) electrons. The first kappa shape index (κ1) is 14.8. The van der Waals surface area contributed by atoms with E-state index >= 15 is 0 Å². The van der Waals surface area contributed by atoms with Gasteiger partial charge in [-0.2, -0.15) is 0 Å². The average Bonchev–Trinajstić information content (AvgIpc) is 2.43. The molecule has 0 aliphatic carbocycles. The molecule has 6 heteroatoms. The summed E-state index contributed by atoms with van der Waals surface area (Å²) < 4.78 is 0.861. The number of hydrogen-bond donors (Lipinski definition) is 1. The van der Waals surface area contributed by atoms with Crippen LogP contribution >= 0.6 is 27.5 Å². The van der Waals surface area contributed by atoms with E-state index in [1.54, 1.807) is 12.1 Å². The van der Waals surface area contributed by atoms with Crippen LogP contribution in [0.3, 0.4) is 0 Å². The lowest BCUT2D eigenvalue weighted by molar-refractivity contribution is -0.384. The summed E-state index contributed by atoms with van der Waals surface area (Å²) in [6, 6.07) is 12.3. The highest BCUT2D eigenvalue weighted by atomic mass is 79.9. The predicted octanol–water partition coefficient (Wildman–Crippen LogP) is 4.67. The fourth-order valence-corrected chi connectivity index (χ4v) is 2.17. The third-order valence-electron chi connectivity index (χ3n) is 2.81. The summed E-state index contributed by atoms with van der Waals surface area (Å²) in [5, 5.41) is 14.5. The second kappa shape index (κ2) is 6.72. The van der Waals surface area contributed by atoms with E-state index in [0.717, 1.165) is 28.7 Å². The standard InChI is InChI=1S/C14H12BrClN2O2/c15-13-6-3-11(9-14(13)16)17-8-7-10-1-4-12(5-2-10)18(19)20/h1-6,9,17H,7-8H2. The van der Waals surface area contributed by atoms with Crippen LogP contribution in [0.15, 0.2) is 46.9 Å². The van der Waals surface area contributed by atoms with Gasteiger partial charge in [0.1, 0.15) is 0 Å². The van der Waals surface area contributed by atoms with E-state index in [2.05, 4.69) is 21.2 Å². The van der Waals surface area contributed by atoms with Crippen LogP contribution in [-0.2, 0) is 6.42 Å². The highest BCUT2D eigenvalue weighted by Crippen LogP contribution is 2.25. The molecule has 0 aliphatic rings. The molecule has 0 fully saturated rings. The van der Waals surface area contributed by atoms with Crippen molar-refractivity contribution in [3.05, 3.63) is 67.6 Å². The Labute approximate surface area is 130 Å². The van der Waals surface area contributed by atoms with Crippen molar-refractivity contribution in [2.24, 2.45) is 0 Å². The van der Waals surface area contributed by atoms with Gasteiger partial charge in [0.05, 0.1) is 9.95 Å². The van der Waals surface area contributed by atoms with Gasteiger partial charge in [0.15, 0.2) is 0 Å². The minimum absolute atomic E-state index is 0.112. The summed E-state index contributed by atoms with van der Waals surface area (Å²) in [5.74, 6) is 0. The molecule has 104 valence electrons. The van der Waals surface area contributed by atoms with Gasteiger partial charge in [0.25, 0.3) is 5.69 Å². The monoisotopic (exact) mass is 354 g/mol. The van der Waals surface area contributed by atoms with Gasteiger partial charge in [-0.1, -0.05) is 23.7 Å². The van der Waals surface area contributed by atoms with Gasteiger partial charge in [-0.3, -0.25) is 10.1 Å². The lowest BCUT2D eigenvalue weighted by Gasteiger charge is -2.07. The second-order valence-corrected chi connectivity index (χ2v) is 5.49. The van der Waals surface area contributed by atoms with E-state index in [1.165, 1.54) is 12.1 Å². The van der Waals surface area contributed by atoms with Crippen LogP contribution in [0.2, 0.25) is 5.02 Å². The Kier molecular flexibility index (Phi) is 4.98. The summed E-state index contributed by atoms with van der Waals surface area (Å²) in [5.41, 5.74) is 2.10. The van der Waals surface area contributed by atoms with E-state index in [-0.39, 0.29) is 5.69 Å². The largest absolute Gasteiger partial charge is 0.385 e. The molecule has 0 saturated heterocycles. The maximum absolute atomic E-state index is 10.5. The van der Waals surface area contributed by atoms with E-state index in [4.69, 9.17) is 11.6 Å². The van der Waals surface area contributed by atoms with E-state index in [0.29, 0.717) is 5.02 Å². The van der Waals surface area contributed by atoms with Gasteiger partial charge in [-0.25, -0.2) is 0 Å². The molecule has 2 aromatic rings. The van der Waals surface area contributed by atoms with Crippen LogP contribution in [0.25, 0.3) is 0 Å². The zero-order valence-corrected chi connectivity index (χ0v) is 12.8. The molecule has 0 aliphatic heterocycles. The first-order valence-electron chi connectivity index (χ1n) is 5.98. The number of nitrogens with one attached hydrogen (secondary N) is 1. The van der Waals surface area contributed by atoms with Gasteiger partial charge < -0.3 is 5.32 Å². The molecule has 2 rings (SSSR count).